The summed E-state index contributed by atoms with van der Waals surface area (Å²) < 4.78 is 7.47. The number of aromatic carboxylic acids is 1. The van der Waals surface area contributed by atoms with Crippen molar-refractivity contribution < 1.29 is 14.6 Å². The summed E-state index contributed by atoms with van der Waals surface area (Å²) in [6.45, 7) is 0.317. The molecule has 0 aliphatic rings. The van der Waals surface area contributed by atoms with Crippen LogP contribution in [-0.4, -0.2) is 20.5 Å². The van der Waals surface area contributed by atoms with Crippen molar-refractivity contribution in [1.29, 1.82) is 0 Å². The predicted molar refractivity (Wildman–Crippen MR) is 70.8 cm³/mol. The summed E-state index contributed by atoms with van der Waals surface area (Å²) in [6.07, 6.45) is 3.83. The number of fused-ring (bicyclic) bond motifs is 1. The number of nitrogens with zero attached hydrogens (tertiary/aromatic N) is 2. The van der Waals surface area contributed by atoms with Crippen LogP contribution in [0.5, 0.6) is 5.75 Å². The Kier molecular flexibility index (Phi) is 2.92. The van der Waals surface area contributed by atoms with Gasteiger partial charge in [0.2, 0.25) is 0 Å². The van der Waals surface area contributed by atoms with Crippen molar-refractivity contribution in [3.8, 4) is 5.75 Å². The highest BCUT2D eigenvalue weighted by Crippen LogP contribution is 2.16. The number of hydrogen-bond donors (Lipinski definition) is 1. The SMILES string of the molecule is O=C(O)c1cccc(OCc2cn3ccsc3n2)c1. The van der Waals surface area contributed by atoms with E-state index in [2.05, 4.69) is 4.98 Å². The zero-order valence-electron chi connectivity index (χ0n) is 9.81. The van der Waals surface area contributed by atoms with Crippen molar-refractivity contribution in [3.63, 3.8) is 0 Å². The zero-order valence-corrected chi connectivity index (χ0v) is 10.6. The van der Waals surface area contributed by atoms with Crippen LogP contribution in [0.4, 0.5) is 0 Å². The maximum atomic E-state index is 10.8. The first kappa shape index (κ1) is 11.7. The van der Waals surface area contributed by atoms with Crippen LogP contribution in [-0.2, 0) is 6.61 Å². The number of ether oxygens (including phenoxy) is 1. The maximum Gasteiger partial charge on any atom is 0.335 e. The summed E-state index contributed by atoms with van der Waals surface area (Å²) >= 11 is 1.55. The van der Waals surface area contributed by atoms with Crippen molar-refractivity contribution in [3.05, 3.63) is 53.3 Å². The van der Waals surface area contributed by atoms with Crippen molar-refractivity contribution in [2.45, 2.75) is 6.61 Å². The van der Waals surface area contributed by atoms with Gasteiger partial charge >= 0.3 is 5.97 Å². The fourth-order valence-electron chi connectivity index (χ4n) is 1.72. The molecule has 2 heterocycles. The summed E-state index contributed by atoms with van der Waals surface area (Å²) in [4.78, 5) is 16.1. The molecule has 0 saturated carbocycles. The van der Waals surface area contributed by atoms with Gasteiger partial charge < -0.3 is 9.84 Å². The number of rotatable bonds is 4. The highest BCUT2D eigenvalue weighted by atomic mass is 32.1. The largest absolute Gasteiger partial charge is 0.487 e. The number of aromatic nitrogens is 2. The third kappa shape index (κ3) is 2.43. The Labute approximate surface area is 112 Å². The van der Waals surface area contributed by atoms with Gasteiger partial charge in [0.25, 0.3) is 0 Å². The molecule has 5 nitrogen and oxygen atoms in total. The first-order valence-electron chi connectivity index (χ1n) is 5.59. The van der Waals surface area contributed by atoms with Gasteiger partial charge in [-0.1, -0.05) is 6.07 Å². The molecule has 0 unspecified atom stereocenters. The van der Waals surface area contributed by atoms with Gasteiger partial charge in [-0.05, 0) is 18.2 Å². The van der Waals surface area contributed by atoms with Gasteiger partial charge in [0, 0.05) is 17.8 Å². The molecule has 0 bridgehead atoms. The third-order valence-electron chi connectivity index (χ3n) is 2.61. The lowest BCUT2D eigenvalue weighted by molar-refractivity contribution is 0.0696. The van der Waals surface area contributed by atoms with E-state index >= 15 is 0 Å². The lowest BCUT2D eigenvalue weighted by atomic mass is 10.2. The Bertz CT molecular complexity index is 704. The maximum absolute atomic E-state index is 10.8. The van der Waals surface area contributed by atoms with Gasteiger partial charge in [0.15, 0.2) is 4.96 Å². The van der Waals surface area contributed by atoms with Crippen molar-refractivity contribution in [2.75, 3.05) is 0 Å². The van der Waals surface area contributed by atoms with Crippen molar-refractivity contribution >= 4 is 22.3 Å². The van der Waals surface area contributed by atoms with Gasteiger partial charge in [-0.25, -0.2) is 9.78 Å². The molecule has 0 atom stereocenters. The molecular weight excluding hydrogens is 264 g/mol. The molecule has 0 aliphatic heterocycles. The quantitative estimate of drug-likeness (QED) is 0.794. The minimum atomic E-state index is -0.965. The highest BCUT2D eigenvalue weighted by Gasteiger charge is 2.06. The van der Waals surface area contributed by atoms with Gasteiger partial charge in [-0.3, -0.25) is 4.40 Å². The fraction of sp³-hybridized carbons (Fsp3) is 0.0769. The molecule has 96 valence electrons. The van der Waals surface area contributed by atoms with E-state index in [1.807, 2.05) is 22.2 Å². The van der Waals surface area contributed by atoms with Crippen LogP contribution in [0.3, 0.4) is 0 Å². The van der Waals surface area contributed by atoms with E-state index in [-0.39, 0.29) is 5.56 Å². The molecule has 2 aromatic heterocycles. The molecule has 1 N–H and O–H groups in total. The average Bonchev–Trinajstić information content (AvgIpc) is 2.97. The van der Waals surface area contributed by atoms with Crippen LogP contribution >= 0.6 is 11.3 Å². The third-order valence-corrected chi connectivity index (χ3v) is 3.38. The Hall–Kier alpha value is -2.34. The number of carboxylic acid groups (broad SMARTS) is 1. The molecule has 3 rings (SSSR count). The number of hydrogen-bond acceptors (Lipinski definition) is 4. The van der Waals surface area contributed by atoms with E-state index in [1.165, 1.54) is 12.1 Å². The molecule has 1 aromatic carbocycles. The Morgan fingerprint density at radius 3 is 3.16 bits per heavy atom. The van der Waals surface area contributed by atoms with E-state index in [9.17, 15) is 4.79 Å². The molecule has 0 spiro atoms. The lowest BCUT2D eigenvalue weighted by Crippen LogP contribution is -1.99. The molecule has 0 aliphatic carbocycles. The molecule has 6 heteroatoms. The zero-order chi connectivity index (χ0) is 13.2. The normalized spacial score (nSPS) is 10.7. The second-order valence-electron chi connectivity index (χ2n) is 3.95. The average molecular weight is 274 g/mol. The van der Waals surface area contributed by atoms with E-state index < -0.39 is 5.97 Å². The van der Waals surface area contributed by atoms with Gasteiger partial charge in [0.1, 0.15) is 12.4 Å². The van der Waals surface area contributed by atoms with Gasteiger partial charge in [-0.2, -0.15) is 0 Å². The molecule has 0 amide bonds. The van der Waals surface area contributed by atoms with Crippen LogP contribution in [0.25, 0.3) is 4.96 Å². The summed E-state index contributed by atoms with van der Waals surface area (Å²) in [5.41, 5.74) is 1.02. The monoisotopic (exact) mass is 274 g/mol. The van der Waals surface area contributed by atoms with Crippen LogP contribution in [0.1, 0.15) is 16.1 Å². The van der Waals surface area contributed by atoms with Crippen LogP contribution < -0.4 is 4.74 Å². The minimum absolute atomic E-state index is 0.211. The molecule has 0 fully saturated rings. The summed E-state index contributed by atoms with van der Waals surface area (Å²) in [7, 11) is 0. The number of imidazole rings is 1. The lowest BCUT2D eigenvalue weighted by Gasteiger charge is -2.04. The standard InChI is InChI=1S/C13H10N2O3S/c16-12(17)9-2-1-3-11(6-9)18-8-10-7-15-4-5-19-13(15)14-10/h1-7H,8H2,(H,16,17). The molecule has 0 radical (unpaired) electrons. The Morgan fingerprint density at radius 2 is 2.37 bits per heavy atom. The first-order chi connectivity index (χ1) is 9.22. The van der Waals surface area contributed by atoms with Crippen LogP contribution in [0, 0.1) is 0 Å². The molecule has 0 saturated heterocycles. The van der Waals surface area contributed by atoms with Crippen molar-refractivity contribution in [2.24, 2.45) is 0 Å². The number of thiazole rings is 1. The van der Waals surface area contributed by atoms with E-state index in [4.69, 9.17) is 9.84 Å². The summed E-state index contributed by atoms with van der Waals surface area (Å²) in [6, 6.07) is 6.41. The number of carbonyl (C=O) groups is 1. The smallest absolute Gasteiger partial charge is 0.335 e. The van der Waals surface area contributed by atoms with E-state index in [0.29, 0.717) is 12.4 Å². The fourth-order valence-corrected chi connectivity index (χ4v) is 2.44. The van der Waals surface area contributed by atoms with Gasteiger partial charge in [0.05, 0.1) is 11.3 Å². The number of benzene rings is 1. The van der Waals surface area contributed by atoms with E-state index in [0.717, 1.165) is 10.7 Å². The second kappa shape index (κ2) is 4.74. The summed E-state index contributed by atoms with van der Waals surface area (Å²) in [5, 5.41) is 10.9. The Morgan fingerprint density at radius 1 is 1.47 bits per heavy atom. The minimum Gasteiger partial charge on any atom is -0.487 e. The van der Waals surface area contributed by atoms with Gasteiger partial charge in [-0.15, -0.1) is 11.3 Å². The van der Waals surface area contributed by atoms with Crippen molar-refractivity contribution in [1.82, 2.24) is 9.38 Å². The van der Waals surface area contributed by atoms with Crippen LogP contribution in [0.2, 0.25) is 0 Å². The second-order valence-corrected chi connectivity index (χ2v) is 4.82. The summed E-state index contributed by atoms with van der Waals surface area (Å²) in [5.74, 6) is -0.441. The first-order valence-corrected chi connectivity index (χ1v) is 6.47. The predicted octanol–water partition coefficient (Wildman–Crippen LogP) is 2.67. The molecular formula is C13H10N2O3S. The molecule has 19 heavy (non-hydrogen) atoms. The number of carboxylic acids is 1. The molecule has 3 aromatic rings. The van der Waals surface area contributed by atoms with Crippen LogP contribution in [0.15, 0.2) is 42.0 Å². The Balaban J connectivity index is 1.73. The van der Waals surface area contributed by atoms with E-state index in [1.54, 1.807) is 23.5 Å². The topological polar surface area (TPSA) is 63.8 Å². The highest BCUT2D eigenvalue weighted by molar-refractivity contribution is 7.15.